The van der Waals surface area contributed by atoms with Gasteiger partial charge in [0, 0.05) is 30.8 Å². The van der Waals surface area contributed by atoms with Crippen molar-refractivity contribution in [3.05, 3.63) is 23.4 Å². The van der Waals surface area contributed by atoms with E-state index in [0.717, 1.165) is 36.7 Å². The van der Waals surface area contributed by atoms with E-state index in [1.165, 1.54) is 25.8 Å². The monoisotopic (exact) mass is 286 g/mol. The van der Waals surface area contributed by atoms with Gasteiger partial charge in [0.1, 0.15) is 0 Å². The number of amides is 1. The molecule has 0 aromatic carbocycles. The topological polar surface area (TPSA) is 56.7 Å². The Morgan fingerprint density at radius 2 is 2.33 bits per heavy atom. The lowest BCUT2D eigenvalue weighted by atomic mass is 9.93. The van der Waals surface area contributed by atoms with Gasteiger partial charge in [-0.05, 0) is 38.6 Å². The fourth-order valence-corrected chi connectivity index (χ4v) is 3.83. The van der Waals surface area contributed by atoms with Crippen LogP contribution in [0.5, 0.6) is 0 Å². The van der Waals surface area contributed by atoms with E-state index in [1.807, 2.05) is 12.3 Å². The second-order valence-electron chi connectivity index (χ2n) is 6.50. The van der Waals surface area contributed by atoms with E-state index in [9.17, 15) is 4.79 Å². The van der Waals surface area contributed by atoms with Crippen molar-refractivity contribution >= 4 is 12.1 Å². The van der Waals surface area contributed by atoms with Crippen LogP contribution in [0.1, 0.15) is 32.1 Å². The molecule has 0 saturated carbocycles. The molecule has 0 aromatic heterocycles. The minimum absolute atomic E-state index is 0.0490. The summed E-state index contributed by atoms with van der Waals surface area (Å²) in [6.07, 6.45) is 11.8. The molecule has 3 atom stereocenters. The smallest absolute Gasteiger partial charge is 0.253 e. The molecule has 2 fully saturated rings. The van der Waals surface area contributed by atoms with E-state index in [4.69, 9.17) is 0 Å². The number of nitrogens with one attached hydrogen (secondary N) is 2. The quantitative estimate of drug-likeness (QED) is 0.800. The van der Waals surface area contributed by atoms with Crippen molar-refractivity contribution in [1.82, 2.24) is 15.6 Å². The highest BCUT2D eigenvalue weighted by Gasteiger charge is 2.33. The first-order valence-electron chi connectivity index (χ1n) is 8.06. The molecule has 4 aliphatic rings. The molecule has 1 aliphatic carbocycles. The van der Waals surface area contributed by atoms with Crippen molar-refractivity contribution in [2.45, 2.75) is 44.2 Å². The first kappa shape index (κ1) is 13.1. The molecule has 2 saturated heterocycles. The summed E-state index contributed by atoms with van der Waals surface area (Å²) in [6, 6.07) is 1.06. The summed E-state index contributed by atoms with van der Waals surface area (Å²) < 4.78 is 0. The Labute approximate surface area is 125 Å². The van der Waals surface area contributed by atoms with Gasteiger partial charge in [0.15, 0.2) is 0 Å². The largest absolute Gasteiger partial charge is 0.348 e. The van der Waals surface area contributed by atoms with E-state index in [-0.39, 0.29) is 17.9 Å². The zero-order chi connectivity index (χ0) is 14.2. The van der Waals surface area contributed by atoms with E-state index < -0.39 is 0 Å². The average molecular weight is 286 g/mol. The zero-order valence-corrected chi connectivity index (χ0v) is 12.2. The molecule has 4 rings (SSSR count). The summed E-state index contributed by atoms with van der Waals surface area (Å²) in [7, 11) is 0. The first-order valence-corrected chi connectivity index (χ1v) is 8.06. The van der Waals surface area contributed by atoms with Crippen LogP contribution in [0.2, 0.25) is 0 Å². The van der Waals surface area contributed by atoms with Crippen molar-refractivity contribution in [2.75, 3.05) is 13.1 Å². The normalized spacial score (nSPS) is 34.6. The van der Waals surface area contributed by atoms with Gasteiger partial charge in [-0.15, -0.1) is 0 Å². The second kappa shape index (κ2) is 5.30. The van der Waals surface area contributed by atoms with Crippen LogP contribution in [0.15, 0.2) is 28.5 Å². The van der Waals surface area contributed by atoms with Crippen LogP contribution in [0.3, 0.4) is 0 Å². The highest BCUT2D eigenvalue weighted by molar-refractivity contribution is 5.98. The maximum atomic E-state index is 12.6. The molecule has 0 radical (unpaired) electrons. The molecule has 5 heteroatoms. The lowest BCUT2D eigenvalue weighted by Gasteiger charge is -2.40. The molecule has 112 valence electrons. The molecule has 0 bridgehead atoms. The van der Waals surface area contributed by atoms with Gasteiger partial charge in [0.05, 0.1) is 11.3 Å². The molecule has 1 amide bonds. The highest BCUT2D eigenvalue weighted by atomic mass is 16.1. The molecule has 2 N–H and O–H groups in total. The molecular weight excluding hydrogens is 264 g/mol. The number of rotatable bonds is 2. The fraction of sp³-hybridized carbons (Fsp3) is 0.625. The standard InChI is InChI=1S/C16H22N4O/c21-16(14-6-1-3-11-9-17-19-15(11)14)18-12-4-2-5-13-7-8-20(13)10-12/h1,6,9,11-13,19H,2-5,7-8,10H2,(H,18,21)/t11?,12-,13?/m1/s1. The van der Waals surface area contributed by atoms with Crippen LogP contribution >= 0.6 is 0 Å². The van der Waals surface area contributed by atoms with Crippen LogP contribution in [-0.2, 0) is 4.79 Å². The molecule has 0 aromatic rings. The third-order valence-corrected chi connectivity index (χ3v) is 5.17. The number of hydrazone groups is 1. The van der Waals surface area contributed by atoms with Gasteiger partial charge in [0.2, 0.25) is 0 Å². The number of carbonyl (C=O) groups is 1. The Morgan fingerprint density at radius 3 is 3.19 bits per heavy atom. The SMILES string of the molecule is O=C(N[C@@H]1CCCC2CCN2C1)C1=C2NN=CC2CC=C1. The summed E-state index contributed by atoms with van der Waals surface area (Å²) in [6.45, 7) is 2.21. The van der Waals surface area contributed by atoms with Crippen LogP contribution < -0.4 is 10.7 Å². The van der Waals surface area contributed by atoms with E-state index in [1.54, 1.807) is 0 Å². The predicted molar refractivity (Wildman–Crippen MR) is 81.7 cm³/mol. The first-order chi connectivity index (χ1) is 10.3. The fourth-order valence-electron chi connectivity index (χ4n) is 3.83. The summed E-state index contributed by atoms with van der Waals surface area (Å²) >= 11 is 0. The lowest BCUT2D eigenvalue weighted by molar-refractivity contribution is -0.118. The van der Waals surface area contributed by atoms with Crippen molar-refractivity contribution in [2.24, 2.45) is 11.0 Å². The minimum atomic E-state index is 0.0490. The summed E-state index contributed by atoms with van der Waals surface area (Å²) in [5, 5.41) is 7.33. The third kappa shape index (κ3) is 2.39. The molecule has 5 nitrogen and oxygen atoms in total. The summed E-state index contributed by atoms with van der Waals surface area (Å²) in [5.74, 6) is 0.303. The Balaban J connectivity index is 1.44. The van der Waals surface area contributed by atoms with E-state index >= 15 is 0 Å². The zero-order valence-electron chi connectivity index (χ0n) is 12.2. The molecule has 2 unspecified atom stereocenters. The lowest BCUT2D eigenvalue weighted by Crippen LogP contribution is -2.52. The summed E-state index contributed by atoms with van der Waals surface area (Å²) in [5.41, 5.74) is 4.71. The molecule has 3 aliphatic heterocycles. The maximum absolute atomic E-state index is 12.6. The van der Waals surface area contributed by atoms with Crippen molar-refractivity contribution < 1.29 is 4.79 Å². The van der Waals surface area contributed by atoms with Crippen molar-refractivity contribution in [1.29, 1.82) is 0 Å². The molecule has 0 spiro atoms. The van der Waals surface area contributed by atoms with Gasteiger partial charge in [-0.25, -0.2) is 0 Å². The van der Waals surface area contributed by atoms with Gasteiger partial charge in [-0.1, -0.05) is 12.2 Å². The van der Waals surface area contributed by atoms with Gasteiger partial charge < -0.3 is 5.32 Å². The Bertz CT molecular complexity index is 536. The van der Waals surface area contributed by atoms with Crippen LogP contribution in [0.25, 0.3) is 0 Å². The number of hydrogen-bond donors (Lipinski definition) is 2. The number of carbonyl (C=O) groups excluding carboxylic acids is 1. The Morgan fingerprint density at radius 1 is 1.38 bits per heavy atom. The number of allylic oxidation sites excluding steroid dienone is 2. The molecule has 21 heavy (non-hydrogen) atoms. The van der Waals surface area contributed by atoms with Crippen LogP contribution in [0, 0.1) is 5.92 Å². The maximum Gasteiger partial charge on any atom is 0.253 e. The van der Waals surface area contributed by atoms with E-state index in [0.29, 0.717) is 0 Å². The molecule has 3 heterocycles. The number of nitrogens with zero attached hydrogens (tertiary/aromatic N) is 2. The van der Waals surface area contributed by atoms with Crippen LogP contribution in [-0.4, -0.2) is 42.2 Å². The van der Waals surface area contributed by atoms with E-state index in [2.05, 4.69) is 26.8 Å². The van der Waals surface area contributed by atoms with Gasteiger partial charge in [-0.2, -0.15) is 5.10 Å². The molecular formula is C16H22N4O. The van der Waals surface area contributed by atoms with Crippen LogP contribution in [0.4, 0.5) is 0 Å². The van der Waals surface area contributed by atoms with Crippen molar-refractivity contribution in [3.63, 3.8) is 0 Å². The summed E-state index contributed by atoms with van der Waals surface area (Å²) in [4.78, 5) is 15.1. The minimum Gasteiger partial charge on any atom is -0.348 e. The average Bonchev–Trinajstić information content (AvgIpc) is 2.90. The van der Waals surface area contributed by atoms with Crippen molar-refractivity contribution in [3.8, 4) is 0 Å². The highest BCUT2D eigenvalue weighted by Crippen LogP contribution is 2.28. The Kier molecular flexibility index (Phi) is 3.30. The predicted octanol–water partition coefficient (Wildman–Crippen LogP) is 1.15. The third-order valence-electron chi connectivity index (χ3n) is 5.17. The van der Waals surface area contributed by atoms with Gasteiger partial charge in [-0.3, -0.25) is 15.1 Å². The van der Waals surface area contributed by atoms with Gasteiger partial charge >= 0.3 is 0 Å². The second-order valence-corrected chi connectivity index (χ2v) is 6.50. The number of hydrogen-bond acceptors (Lipinski definition) is 4. The number of fused-ring (bicyclic) bond motifs is 2. The Hall–Kier alpha value is -1.62. The van der Waals surface area contributed by atoms with Gasteiger partial charge in [0.25, 0.3) is 5.91 Å².